The SMILES string of the molecule is CC(C)(C)OC(=O)N(C(=O)OC(C)(C)C)[C@H]1C[C@@H]2C[C@@H]2[C@@H]1O[Si](C)(C)C(C)(C)C.CC(C)(C)OC(=O)N[C@H]1C[C@@H]2C[C@@H]2[C@@H]1O.CC(C)(C)OC(=O)N[C@H]1C[C@@H]2C[C@@H]2[C@H]1N=[N+]=[N-].CC(C)(C)[Si](C)(C)O[C@H]1[C@H]2C[C@H]2C[C@@H]1N.COC(=O)c1cn2c(c(OC)c1=O)C(=O)N[C@@H]1[C@H]3C[C@H]3C[C@@H]12.COC(=O)c1occ(C(=O)OC)c(=O)c1OC.COc1c2n(cc(C(=O)O)c1=O)[C@H]1C[C@@H]3C[C@@H]3[C@H]1N(C)C2=O.Cl.[N-]=[N+]=N[C@@H]1[C@H]2C[C@H]2C[C@@H]1N. The third-order valence-corrected chi connectivity index (χ3v) is 40.9. The van der Waals surface area contributed by atoms with Gasteiger partial charge < -0.3 is 112 Å². The zero-order chi connectivity index (χ0) is 109. The Hall–Kier alpha value is -10.5. The Morgan fingerprint density at radius 3 is 1.36 bits per heavy atom. The number of aromatic carboxylic acids is 1. The van der Waals surface area contributed by atoms with Gasteiger partial charge in [-0.2, -0.15) is 0 Å². The molecule has 2 aliphatic heterocycles. The molecule has 28 atom stereocenters. The average molecular weight is 2130 g/mol. The maximum Gasteiger partial charge on any atom is 0.420 e. The number of nitrogens with one attached hydrogen (secondary N) is 3. The van der Waals surface area contributed by atoms with E-state index in [9.17, 15) is 72.5 Å². The highest BCUT2D eigenvalue weighted by atomic mass is 35.5. The molecule has 5 heterocycles. The second kappa shape index (κ2) is 44.8. The number of fused-ring (bicyclic) bond motifs is 15. The lowest BCUT2D eigenvalue weighted by Crippen LogP contribution is -2.55. The number of rotatable bonds is 16. The first-order valence-corrected chi connectivity index (χ1v) is 56.8. The summed E-state index contributed by atoms with van der Waals surface area (Å²) in [6.45, 7) is 44.3. The van der Waals surface area contributed by atoms with E-state index in [1.165, 1.54) is 65.0 Å². The molecule has 9 N–H and O–H groups in total. The molecule has 3 aromatic heterocycles. The van der Waals surface area contributed by atoms with Crippen LogP contribution in [-0.2, 0) is 42.0 Å². The van der Waals surface area contributed by atoms with E-state index in [1.54, 1.807) is 62.6 Å². The zero-order valence-electron chi connectivity index (χ0n) is 90.8. The van der Waals surface area contributed by atoms with Crippen LogP contribution in [0, 0.1) is 82.9 Å². The van der Waals surface area contributed by atoms with Gasteiger partial charge in [-0.25, -0.2) is 43.3 Å². The Bertz CT molecular complexity index is 5750. The number of carbonyl (C=O) groups is 10. The van der Waals surface area contributed by atoms with E-state index in [0.29, 0.717) is 82.3 Å². The molecule has 148 heavy (non-hydrogen) atoms. The number of azide groups is 2. The summed E-state index contributed by atoms with van der Waals surface area (Å²) in [7, 11) is 5.31. The predicted molar refractivity (Wildman–Crippen MR) is 549 cm³/mol. The normalized spacial score (nSPS) is 31.0. The van der Waals surface area contributed by atoms with Crippen molar-refractivity contribution in [3.05, 3.63) is 104 Å². The summed E-state index contributed by atoms with van der Waals surface area (Å²) in [5, 5.41) is 35.4. The van der Waals surface area contributed by atoms with Gasteiger partial charge in [-0.1, -0.05) is 51.8 Å². The van der Waals surface area contributed by atoms with Crippen LogP contribution in [0.5, 0.6) is 17.2 Å². The standard InChI is InChI=1S/C22H41NO5Si.2C15H16N2O5.C12H25NOSi.C11H18N4O2.C11H19NO3.C10H10O7.C6H10N4.ClH/c1-20(2,3)26-18(24)23(19(25)27-21(4,5)6)16-13-14-12-15(14)17(16)28-29(10,11)22(7,8)9;1-21-13-11-14(19)16-10-7-3-6(7)4-9(10)17(11)5-8(12(13)18)15(20)22-2;1-16-10-7-3-6(7)4-9(10)17-5-8(15(20)21)12(18)13(22-2)11(17)14(16)19;1-12(2,3)15(4,5)14-11-9-6-8(9)7-10(11)13;1-11(2,3)17-10(16)13-8-5-6-4-7(6)9(8)14-15-12;1-11(2,3)15-10(14)12-8-5-6-4-7(6)9(8)13;1-14-7-6(11)5(9(12)15-2)4-17-8(7)10(13)16-3;7-5-2-3-1-4(3)6(5)9-10-8;/h14-17H,12-13H2,1-11H3;5-7,9-10H,3-4H2,1-2H3,(H,16,19);5-7,9-10H,3-4H2,1-2H3,(H,20,21);8-11H,6-7,13H2,1-5H3;6-9H,4-5H2,1-3H3,(H,13,16);6-9,13H,4-5H2,1-3H3,(H,12,14);4H,1-3H3;3-6H,1-2,7H2;1H/t14-,15-,16-,17-;2*6-,7-,9-,10+;8-,9-,10-,11-;6-,7-,8-,9+;6-,7-,8-,9-;;3-,4-,5-,6+;/m000000.0./s1. The Morgan fingerprint density at radius 2 is 0.878 bits per heavy atom. The number of esters is 3. The Kier molecular flexibility index (Phi) is 35.6. The van der Waals surface area contributed by atoms with Crippen molar-refractivity contribution in [1.29, 1.82) is 0 Å². The number of hydrogen-bond donors (Lipinski definition) is 7. The maximum absolute atomic E-state index is 13.1. The molecule has 822 valence electrons. The number of imide groups is 1. The summed E-state index contributed by atoms with van der Waals surface area (Å²) in [5.41, 5.74) is 23.6. The van der Waals surface area contributed by atoms with E-state index in [0.717, 1.165) is 109 Å². The lowest BCUT2D eigenvalue weighted by atomic mass is 9.99. The minimum absolute atomic E-state index is 0. The van der Waals surface area contributed by atoms with E-state index >= 15 is 0 Å². The first-order chi connectivity index (χ1) is 68.2. The number of methoxy groups -OCH3 is 6. The number of aliphatic hydroxyl groups excluding tert-OH is 1. The number of likely N-dealkylation sites (N-methyl/N-ethyl adjacent to an activating group) is 1. The number of alkyl carbamates (subject to hydrolysis) is 2. The van der Waals surface area contributed by atoms with Crippen LogP contribution in [0.3, 0.4) is 0 Å². The van der Waals surface area contributed by atoms with Crippen molar-refractivity contribution in [2.24, 2.45) is 105 Å². The monoisotopic (exact) mass is 2130 g/mol. The van der Waals surface area contributed by atoms with Crippen LogP contribution < -0.4 is 57.9 Å². The number of pyridine rings is 2. The molecule has 3 aromatic rings. The molecule has 46 heteroatoms. The largest absolute Gasteiger partial charge is 0.491 e. The quantitative estimate of drug-likeness (QED) is 0.0175. The molecule has 0 bridgehead atoms. The van der Waals surface area contributed by atoms with Crippen LogP contribution in [0.4, 0.5) is 19.2 Å². The predicted octanol–water partition coefficient (Wildman–Crippen LogP) is 15.2. The van der Waals surface area contributed by atoms with Crippen LogP contribution in [-0.4, -0.2) is 251 Å². The molecule has 6 amide bonds. The number of aliphatic hydroxyl groups is 1. The van der Waals surface area contributed by atoms with Gasteiger partial charge in [-0.05, 0) is 303 Å². The van der Waals surface area contributed by atoms with Gasteiger partial charge in [-0.15, -0.1) is 12.4 Å². The number of nitrogens with zero attached hydrogens (tertiary/aromatic N) is 10. The molecule has 19 rings (SSSR count). The molecular weight excluding hydrogens is 1970 g/mol. The van der Waals surface area contributed by atoms with Gasteiger partial charge in [0.15, 0.2) is 39.5 Å². The number of carboxylic acid groups (broad SMARTS) is 1. The Morgan fingerprint density at radius 1 is 0.480 bits per heavy atom. The second-order valence-corrected chi connectivity index (χ2v) is 58.6. The molecule has 14 fully saturated rings. The van der Waals surface area contributed by atoms with Gasteiger partial charge in [0.25, 0.3) is 17.6 Å². The number of hydrogen-bond acceptors (Lipinski definition) is 31. The van der Waals surface area contributed by atoms with Crippen LogP contribution >= 0.6 is 12.4 Å². The first-order valence-electron chi connectivity index (χ1n) is 51.0. The van der Waals surface area contributed by atoms with E-state index in [1.807, 2.05) is 41.5 Å². The van der Waals surface area contributed by atoms with E-state index < -0.39 is 115 Å². The first kappa shape index (κ1) is 118. The Balaban J connectivity index is 0.000000163. The van der Waals surface area contributed by atoms with Gasteiger partial charge >= 0.3 is 48.3 Å². The summed E-state index contributed by atoms with van der Waals surface area (Å²) in [6, 6.07) is 0.172. The lowest BCUT2D eigenvalue weighted by molar-refractivity contribution is -0.0215. The molecule has 0 spiro atoms. The third kappa shape index (κ3) is 26.8. The fourth-order valence-corrected chi connectivity index (χ4v) is 25.0. The third-order valence-electron chi connectivity index (χ3n) is 32.0. The minimum Gasteiger partial charge on any atom is -0.491 e. The number of ether oxygens (including phenoxy) is 10. The van der Waals surface area contributed by atoms with Crippen molar-refractivity contribution in [3.63, 3.8) is 0 Å². The minimum atomic E-state index is -2.07. The van der Waals surface area contributed by atoms with Crippen molar-refractivity contribution in [2.45, 2.75) is 358 Å². The number of aromatic nitrogens is 2. The van der Waals surface area contributed by atoms with E-state index in [2.05, 4.69) is 118 Å². The van der Waals surface area contributed by atoms with Crippen LogP contribution in [0.25, 0.3) is 20.9 Å². The second-order valence-electron chi connectivity index (χ2n) is 49.0. The van der Waals surface area contributed by atoms with E-state index in [-0.39, 0.29) is 141 Å². The lowest BCUT2D eigenvalue weighted by Gasteiger charge is -2.42. The number of amides is 6. The topological polar surface area (TPSA) is 588 Å². The molecule has 0 radical (unpaired) electrons. The smallest absolute Gasteiger partial charge is 0.420 e. The molecular formula is C102H156ClN15O28Si2. The van der Waals surface area contributed by atoms with Crippen molar-refractivity contribution in [3.8, 4) is 17.2 Å². The highest BCUT2D eigenvalue weighted by Crippen LogP contribution is 2.62. The van der Waals surface area contributed by atoms with Crippen LogP contribution in [0.2, 0.25) is 36.3 Å². The number of carboxylic acids is 1. The molecule has 14 aliphatic carbocycles. The number of carbonyl (C=O) groups excluding carboxylic acids is 9. The van der Waals surface area contributed by atoms with Gasteiger partial charge in [0.2, 0.25) is 22.0 Å². The van der Waals surface area contributed by atoms with Crippen LogP contribution in [0.1, 0.15) is 289 Å². The molecule has 16 aliphatic rings. The molecule has 0 saturated heterocycles. The highest BCUT2D eigenvalue weighted by molar-refractivity contribution is 6.74. The summed E-state index contributed by atoms with van der Waals surface area (Å²) in [4.78, 5) is 165. The maximum atomic E-state index is 13.1. The van der Waals surface area contributed by atoms with Crippen molar-refractivity contribution >= 4 is 89.1 Å². The number of nitrogens with two attached hydrogens (primary N) is 2. The molecule has 0 unspecified atom stereocenters. The van der Waals surface area contributed by atoms with Gasteiger partial charge in [0.05, 0.1) is 109 Å². The van der Waals surface area contributed by atoms with Crippen LogP contribution in [0.15, 0.2) is 47.7 Å². The van der Waals surface area contributed by atoms with E-state index in [4.69, 9.17) is 69.0 Å². The average Bonchev–Trinajstić information content (AvgIpc) is 1.55. The van der Waals surface area contributed by atoms with Crippen molar-refractivity contribution in [1.82, 2.24) is 34.9 Å². The number of halogens is 1. The fourth-order valence-electron chi connectivity index (χ4n) is 22.2. The summed E-state index contributed by atoms with van der Waals surface area (Å²) < 4.78 is 71.3. The molecule has 43 nitrogen and oxygen atoms in total. The van der Waals surface area contributed by atoms with Crippen molar-refractivity contribution < 1.29 is 119 Å². The summed E-state index contributed by atoms with van der Waals surface area (Å²) in [5.74, 6) is 2.90. The summed E-state index contributed by atoms with van der Waals surface area (Å²) >= 11 is 0. The molecule has 14 saturated carbocycles. The highest BCUT2D eigenvalue weighted by Gasteiger charge is 2.64. The van der Waals surface area contributed by atoms with Crippen molar-refractivity contribution in [2.75, 3.05) is 49.7 Å². The molecule has 0 aromatic carbocycles. The Labute approximate surface area is 871 Å². The van der Waals surface area contributed by atoms with Gasteiger partial charge in [-0.3, -0.25) is 24.0 Å². The van der Waals surface area contributed by atoms with Gasteiger partial charge in [0.1, 0.15) is 45.4 Å². The van der Waals surface area contributed by atoms with Gasteiger partial charge in [0, 0.05) is 47.4 Å². The zero-order valence-corrected chi connectivity index (χ0v) is 93.7. The fraction of sp³-hybridized carbons (Fsp3) is 0.755. The summed E-state index contributed by atoms with van der Waals surface area (Å²) in [6.07, 6.45) is 16.1.